The number of hydrogen-bond acceptors (Lipinski definition) is 7. The van der Waals surface area contributed by atoms with E-state index in [9.17, 15) is 0 Å². The Morgan fingerprint density at radius 2 is 1.60 bits per heavy atom. The lowest BCUT2D eigenvalue weighted by Crippen LogP contribution is -2.43. The van der Waals surface area contributed by atoms with E-state index in [2.05, 4.69) is 6.58 Å². The van der Waals surface area contributed by atoms with Crippen LogP contribution in [0.5, 0.6) is 0 Å². The quantitative estimate of drug-likeness (QED) is 0.209. The normalized spacial score (nSPS) is 28.5. The highest BCUT2D eigenvalue weighted by molar-refractivity contribution is 4.89. The highest BCUT2D eigenvalue weighted by Crippen LogP contribution is 2.43. The van der Waals surface area contributed by atoms with Gasteiger partial charge in [-0.1, -0.05) is 13.0 Å². The van der Waals surface area contributed by atoms with Crippen LogP contribution < -0.4 is 0 Å². The SMILES string of the molecule is C=COC(C)OC1CCC2CCCC(OC(C)OCCOCCOCCOC)C2C1. The summed E-state index contributed by atoms with van der Waals surface area (Å²) < 4.78 is 39.3. The molecule has 30 heavy (non-hydrogen) atoms. The third-order valence-corrected chi connectivity index (χ3v) is 5.96. The zero-order valence-electron chi connectivity index (χ0n) is 19.1. The van der Waals surface area contributed by atoms with Crippen molar-refractivity contribution < 1.29 is 33.2 Å². The lowest BCUT2D eigenvalue weighted by Gasteiger charge is -2.44. The molecule has 0 aromatic rings. The van der Waals surface area contributed by atoms with Gasteiger partial charge in [-0.2, -0.15) is 0 Å². The van der Waals surface area contributed by atoms with Crippen molar-refractivity contribution in [2.24, 2.45) is 11.8 Å². The predicted molar refractivity (Wildman–Crippen MR) is 114 cm³/mol. The van der Waals surface area contributed by atoms with Crippen LogP contribution in [0.4, 0.5) is 0 Å². The largest absolute Gasteiger partial charge is 0.473 e. The van der Waals surface area contributed by atoms with Gasteiger partial charge in [0, 0.05) is 7.11 Å². The van der Waals surface area contributed by atoms with Gasteiger partial charge in [0.2, 0.25) is 0 Å². The first kappa shape index (κ1) is 25.6. The van der Waals surface area contributed by atoms with Gasteiger partial charge in [0.1, 0.15) is 0 Å². The topological polar surface area (TPSA) is 64.6 Å². The van der Waals surface area contributed by atoms with Crippen molar-refractivity contribution >= 4 is 0 Å². The molecule has 6 atom stereocenters. The molecule has 2 fully saturated rings. The van der Waals surface area contributed by atoms with Gasteiger partial charge in [-0.25, -0.2) is 0 Å². The van der Waals surface area contributed by atoms with Crippen molar-refractivity contribution in [2.45, 2.75) is 77.2 Å². The van der Waals surface area contributed by atoms with E-state index in [1.54, 1.807) is 7.11 Å². The van der Waals surface area contributed by atoms with Gasteiger partial charge in [0.05, 0.1) is 58.1 Å². The second-order valence-electron chi connectivity index (χ2n) is 8.13. The molecule has 0 aliphatic heterocycles. The summed E-state index contributed by atoms with van der Waals surface area (Å²) in [6, 6.07) is 0. The number of ether oxygens (including phenoxy) is 7. The molecular weight excluding hydrogens is 388 g/mol. The van der Waals surface area contributed by atoms with Crippen LogP contribution in [-0.2, 0) is 33.2 Å². The maximum absolute atomic E-state index is 6.31. The van der Waals surface area contributed by atoms with E-state index in [1.807, 2.05) is 13.8 Å². The van der Waals surface area contributed by atoms with Crippen molar-refractivity contribution in [1.82, 2.24) is 0 Å². The molecule has 0 amide bonds. The maximum atomic E-state index is 6.31. The van der Waals surface area contributed by atoms with Crippen LogP contribution in [0, 0.1) is 11.8 Å². The van der Waals surface area contributed by atoms with E-state index in [-0.39, 0.29) is 24.8 Å². The Labute approximate surface area is 182 Å². The third kappa shape index (κ3) is 9.62. The van der Waals surface area contributed by atoms with Crippen LogP contribution in [0.2, 0.25) is 0 Å². The van der Waals surface area contributed by atoms with Crippen LogP contribution >= 0.6 is 0 Å². The predicted octanol–water partition coefficient (Wildman–Crippen LogP) is 3.91. The van der Waals surface area contributed by atoms with Crippen LogP contribution in [0.3, 0.4) is 0 Å². The first-order chi connectivity index (χ1) is 14.6. The van der Waals surface area contributed by atoms with E-state index in [0.29, 0.717) is 45.6 Å². The van der Waals surface area contributed by atoms with Crippen molar-refractivity contribution in [3.63, 3.8) is 0 Å². The Morgan fingerprint density at radius 3 is 2.33 bits per heavy atom. The maximum Gasteiger partial charge on any atom is 0.196 e. The fraction of sp³-hybridized carbons (Fsp3) is 0.913. The zero-order chi connectivity index (χ0) is 21.6. The first-order valence-corrected chi connectivity index (χ1v) is 11.5. The lowest BCUT2D eigenvalue weighted by atomic mass is 9.68. The molecule has 0 N–H and O–H groups in total. The summed E-state index contributed by atoms with van der Waals surface area (Å²) in [6.07, 6.45) is 8.35. The van der Waals surface area contributed by atoms with Crippen LogP contribution in [0.25, 0.3) is 0 Å². The molecule has 0 aromatic heterocycles. The molecule has 2 aliphatic rings. The number of fused-ring (bicyclic) bond motifs is 1. The number of rotatable bonds is 16. The summed E-state index contributed by atoms with van der Waals surface area (Å²) in [6.45, 7) is 10.9. The monoisotopic (exact) mass is 430 g/mol. The van der Waals surface area contributed by atoms with E-state index in [1.165, 1.54) is 25.5 Å². The molecular formula is C23H42O7. The molecule has 2 saturated carbocycles. The minimum Gasteiger partial charge on any atom is -0.473 e. The van der Waals surface area contributed by atoms with Gasteiger partial charge in [0.25, 0.3) is 0 Å². The van der Waals surface area contributed by atoms with Crippen LogP contribution in [-0.4, -0.2) is 71.5 Å². The van der Waals surface area contributed by atoms with Crippen molar-refractivity contribution in [1.29, 1.82) is 0 Å². The van der Waals surface area contributed by atoms with Gasteiger partial charge in [-0.3, -0.25) is 0 Å². The molecule has 2 aliphatic carbocycles. The summed E-state index contributed by atoms with van der Waals surface area (Å²) in [5.74, 6) is 1.26. The van der Waals surface area contributed by atoms with Crippen LogP contribution in [0.15, 0.2) is 12.8 Å². The van der Waals surface area contributed by atoms with E-state index in [4.69, 9.17) is 33.2 Å². The Hall–Kier alpha value is -0.700. The van der Waals surface area contributed by atoms with Gasteiger partial charge in [0.15, 0.2) is 12.6 Å². The average molecular weight is 431 g/mol. The second-order valence-corrected chi connectivity index (χ2v) is 8.13. The van der Waals surface area contributed by atoms with E-state index < -0.39 is 0 Å². The van der Waals surface area contributed by atoms with E-state index >= 15 is 0 Å². The Kier molecular flexibility index (Phi) is 12.9. The molecule has 0 saturated heterocycles. The minimum absolute atomic E-state index is 0.223. The summed E-state index contributed by atoms with van der Waals surface area (Å²) in [7, 11) is 1.66. The average Bonchev–Trinajstić information content (AvgIpc) is 2.73. The standard InChI is InChI=1S/C23H42O7/c1-5-27-18(2)29-21-10-9-20-7-6-8-23(22(20)17-21)30-19(3)28-16-15-26-14-13-25-12-11-24-4/h5,18-23H,1,6-17H2,2-4H3. The van der Waals surface area contributed by atoms with Gasteiger partial charge in [-0.15, -0.1) is 0 Å². The zero-order valence-corrected chi connectivity index (χ0v) is 19.1. The Balaban J connectivity index is 1.63. The third-order valence-electron chi connectivity index (χ3n) is 5.96. The molecule has 176 valence electrons. The molecule has 7 heteroatoms. The first-order valence-electron chi connectivity index (χ1n) is 11.5. The molecule has 2 rings (SSSR count). The smallest absolute Gasteiger partial charge is 0.196 e. The summed E-state index contributed by atoms with van der Waals surface area (Å²) in [5, 5.41) is 0. The minimum atomic E-state index is -0.250. The number of methoxy groups -OCH3 is 1. The summed E-state index contributed by atoms with van der Waals surface area (Å²) >= 11 is 0. The van der Waals surface area contributed by atoms with Gasteiger partial charge < -0.3 is 33.2 Å². The van der Waals surface area contributed by atoms with E-state index in [0.717, 1.165) is 25.2 Å². The highest BCUT2D eigenvalue weighted by atomic mass is 16.7. The van der Waals surface area contributed by atoms with Crippen molar-refractivity contribution in [3.8, 4) is 0 Å². The fourth-order valence-electron chi connectivity index (χ4n) is 4.59. The molecule has 0 heterocycles. The molecule has 0 aromatic carbocycles. The second kappa shape index (κ2) is 15.2. The summed E-state index contributed by atoms with van der Waals surface area (Å²) in [5.41, 5.74) is 0. The molecule has 0 radical (unpaired) electrons. The Morgan fingerprint density at radius 1 is 0.867 bits per heavy atom. The summed E-state index contributed by atoms with van der Waals surface area (Å²) in [4.78, 5) is 0. The van der Waals surface area contributed by atoms with Crippen LogP contribution in [0.1, 0.15) is 52.4 Å². The molecule has 0 spiro atoms. The van der Waals surface area contributed by atoms with Crippen molar-refractivity contribution in [2.75, 3.05) is 46.8 Å². The molecule has 7 nitrogen and oxygen atoms in total. The number of hydrogen-bond donors (Lipinski definition) is 0. The Bertz CT molecular complexity index is 447. The van der Waals surface area contributed by atoms with Gasteiger partial charge >= 0.3 is 0 Å². The van der Waals surface area contributed by atoms with Crippen molar-refractivity contribution in [3.05, 3.63) is 12.8 Å². The molecule has 0 bridgehead atoms. The van der Waals surface area contributed by atoms with Gasteiger partial charge in [-0.05, 0) is 57.8 Å². The highest BCUT2D eigenvalue weighted by Gasteiger charge is 2.40. The fourth-order valence-corrected chi connectivity index (χ4v) is 4.59. The lowest BCUT2D eigenvalue weighted by molar-refractivity contribution is -0.205. The molecule has 6 unspecified atom stereocenters.